The fourth-order valence-electron chi connectivity index (χ4n) is 2.79. The number of benzene rings is 2. The molecule has 6 heteroatoms. The van der Waals surface area contributed by atoms with Crippen molar-refractivity contribution in [2.45, 2.75) is 12.5 Å². The summed E-state index contributed by atoms with van der Waals surface area (Å²) in [5, 5.41) is 6.62. The van der Waals surface area contributed by atoms with Crippen molar-refractivity contribution >= 4 is 17.6 Å². The Labute approximate surface area is 158 Å². The zero-order valence-electron chi connectivity index (χ0n) is 14.5. The fourth-order valence-corrected chi connectivity index (χ4v) is 3.01. The molecule has 0 saturated heterocycles. The van der Waals surface area contributed by atoms with E-state index in [4.69, 9.17) is 11.6 Å². The highest BCUT2D eigenvalue weighted by atomic mass is 35.5. The van der Waals surface area contributed by atoms with Crippen molar-refractivity contribution in [2.24, 2.45) is 7.05 Å². The molecule has 1 aromatic heterocycles. The molecule has 134 valence electrons. The Morgan fingerprint density at radius 2 is 2.00 bits per heavy atom. The van der Waals surface area contributed by atoms with Gasteiger partial charge in [-0.2, -0.15) is 0 Å². The predicted octanol–water partition coefficient (Wildman–Crippen LogP) is 3.70. The van der Waals surface area contributed by atoms with Gasteiger partial charge in [-0.15, -0.1) is 0 Å². The number of amides is 2. The maximum absolute atomic E-state index is 12.4. The average Bonchev–Trinajstić information content (AvgIpc) is 3.06. The lowest BCUT2D eigenvalue weighted by Gasteiger charge is -2.19. The molecular weight excluding hydrogens is 348 g/mol. The van der Waals surface area contributed by atoms with E-state index in [0.717, 1.165) is 17.0 Å². The summed E-state index contributed by atoms with van der Waals surface area (Å²) < 4.78 is 1.91. The van der Waals surface area contributed by atoms with Gasteiger partial charge in [-0.05, 0) is 29.7 Å². The first-order valence-corrected chi connectivity index (χ1v) is 8.82. The van der Waals surface area contributed by atoms with Crippen molar-refractivity contribution in [2.75, 3.05) is 6.54 Å². The maximum atomic E-state index is 12.4. The fraction of sp³-hybridized carbons (Fsp3) is 0.200. The van der Waals surface area contributed by atoms with E-state index in [-0.39, 0.29) is 12.1 Å². The third-order valence-corrected chi connectivity index (χ3v) is 4.35. The second kappa shape index (κ2) is 8.54. The molecule has 2 N–H and O–H groups in total. The molecule has 0 aliphatic heterocycles. The van der Waals surface area contributed by atoms with Crippen LogP contribution in [0.2, 0.25) is 5.02 Å². The summed E-state index contributed by atoms with van der Waals surface area (Å²) in [5.74, 6) is 0.779. The standard InChI is InChI=1S/C20H21ClN4O/c1-25-13-12-22-19(25)18(16-7-3-2-4-8-16)24-20(26)23-11-10-15-6-5-9-17(21)14-15/h2-9,12-14,18H,10-11H2,1H3,(H2,23,24,26). The van der Waals surface area contributed by atoms with Crippen LogP contribution in [0.15, 0.2) is 67.0 Å². The van der Waals surface area contributed by atoms with E-state index in [0.29, 0.717) is 18.0 Å². The highest BCUT2D eigenvalue weighted by molar-refractivity contribution is 6.30. The van der Waals surface area contributed by atoms with Crippen molar-refractivity contribution in [1.82, 2.24) is 20.2 Å². The second-order valence-corrected chi connectivity index (χ2v) is 6.46. The van der Waals surface area contributed by atoms with Gasteiger partial charge in [0.15, 0.2) is 0 Å². The van der Waals surface area contributed by atoms with Crippen LogP contribution >= 0.6 is 11.6 Å². The van der Waals surface area contributed by atoms with E-state index in [1.807, 2.05) is 72.4 Å². The Bertz CT molecular complexity index is 863. The van der Waals surface area contributed by atoms with Crippen LogP contribution in [0.4, 0.5) is 4.79 Å². The van der Waals surface area contributed by atoms with Gasteiger partial charge >= 0.3 is 6.03 Å². The molecule has 0 aliphatic rings. The lowest BCUT2D eigenvalue weighted by atomic mass is 10.1. The van der Waals surface area contributed by atoms with Crippen LogP contribution in [0.5, 0.6) is 0 Å². The van der Waals surface area contributed by atoms with E-state index >= 15 is 0 Å². The molecule has 0 bridgehead atoms. The molecule has 3 aromatic rings. The molecular formula is C20H21ClN4O. The largest absolute Gasteiger partial charge is 0.338 e. The van der Waals surface area contributed by atoms with Crippen LogP contribution in [-0.4, -0.2) is 22.1 Å². The van der Waals surface area contributed by atoms with Crippen LogP contribution < -0.4 is 10.6 Å². The molecule has 0 saturated carbocycles. The SMILES string of the molecule is Cn1ccnc1C(NC(=O)NCCc1cccc(Cl)c1)c1ccccc1. The zero-order valence-corrected chi connectivity index (χ0v) is 15.3. The first-order chi connectivity index (χ1) is 12.6. The molecule has 1 atom stereocenters. The van der Waals surface area contributed by atoms with E-state index in [9.17, 15) is 4.79 Å². The molecule has 2 aromatic carbocycles. The maximum Gasteiger partial charge on any atom is 0.315 e. The first-order valence-electron chi connectivity index (χ1n) is 8.44. The summed E-state index contributed by atoms with van der Waals surface area (Å²) in [7, 11) is 1.91. The van der Waals surface area contributed by atoms with Crippen LogP contribution in [0, 0.1) is 0 Å². The number of hydrogen-bond acceptors (Lipinski definition) is 2. The monoisotopic (exact) mass is 368 g/mol. The minimum atomic E-state index is -0.317. The van der Waals surface area contributed by atoms with Crippen molar-refractivity contribution in [1.29, 1.82) is 0 Å². The van der Waals surface area contributed by atoms with Crippen LogP contribution in [-0.2, 0) is 13.5 Å². The minimum absolute atomic E-state index is 0.233. The van der Waals surface area contributed by atoms with E-state index in [2.05, 4.69) is 15.6 Å². The number of halogens is 1. The normalized spacial score (nSPS) is 11.8. The summed E-state index contributed by atoms with van der Waals surface area (Å²) in [5.41, 5.74) is 2.06. The van der Waals surface area contributed by atoms with Gasteiger partial charge in [0.2, 0.25) is 0 Å². The molecule has 1 heterocycles. The van der Waals surface area contributed by atoms with Crippen molar-refractivity contribution < 1.29 is 4.79 Å². The Hall–Kier alpha value is -2.79. The molecule has 0 spiro atoms. The summed E-state index contributed by atoms with van der Waals surface area (Å²) >= 11 is 5.99. The van der Waals surface area contributed by atoms with Crippen molar-refractivity contribution in [3.05, 3.63) is 89.0 Å². The lowest BCUT2D eigenvalue weighted by molar-refractivity contribution is 0.238. The molecule has 2 amide bonds. The van der Waals surface area contributed by atoms with Gasteiger partial charge in [-0.1, -0.05) is 54.1 Å². The van der Waals surface area contributed by atoms with E-state index < -0.39 is 0 Å². The van der Waals surface area contributed by atoms with Gasteiger partial charge in [0.25, 0.3) is 0 Å². The number of hydrogen-bond donors (Lipinski definition) is 2. The molecule has 3 rings (SSSR count). The molecule has 0 fully saturated rings. The van der Waals surface area contributed by atoms with Gasteiger partial charge in [0.05, 0.1) is 0 Å². The smallest absolute Gasteiger partial charge is 0.315 e. The zero-order chi connectivity index (χ0) is 18.4. The quantitative estimate of drug-likeness (QED) is 0.696. The van der Waals surface area contributed by atoms with Gasteiger partial charge in [0, 0.05) is 31.0 Å². The topological polar surface area (TPSA) is 59.0 Å². The van der Waals surface area contributed by atoms with Crippen LogP contribution in [0.1, 0.15) is 23.0 Å². The molecule has 0 aliphatic carbocycles. The van der Waals surface area contributed by atoms with E-state index in [1.54, 1.807) is 6.20 Å². The molecule has 1 unspecified atom stereocenters. The highest BCUT2D eigenvalue weighted by Gasteiger charge is 2.20. The Balaban J connectivity index is 1.63. The van der Waals surface area contributed by atoms with Gasteiger partial charge in [-0.3, -0.25) is 0 Å². The third-order valence-electron chi connectivity index (χ3n) is 4.11. The van der Waals surface area contributed by atoms with Crippen LogP contribution in [0.25, 0.3) is 0 Å². The highest BCUT2D eigenvalue weighted by Crippen LogP contribution is 2.20. The van der Waals surface area contributed by atoms with E-state index in [1.165, 1.54) is 0 Å². The van der Waals surface area contributed by atoms with Gasteiger partial charge in [0.1, 0.15) is 11.9 Å². The summed E-state index contributed by atoms with van der Waals surface area (Å²) in [6.07, 6.45) is 4.31. The Kier molecular flexibility index (Phi) is 5.92. The summed E-state index contributed by atoms with van der Waals surface area (Å²) in [4.78, 5) is 16.8. The predicted molar refractivity (Wildman–Crippen MR) is 103 cm³/mol. The number of imidazole rings is 1. The number of nitrogens with zero attached hydrogens (tertiary/aromatic N) is 2. The van der Waals surface area contributed by atoms with Crippen molar-refractivity contribution in [3.63, 3.8) is 0 Å². The second-order valence-electron chi connectivity index (χ2n) is 6.02. The third kappa shape index (κ3) is 4.64. The number of carbonyl (C=O) groups excluding carboxylic acids is 1. The molecule has 0 radical (unpaired) electrons. The van der Waals surface area contributed by atoms with Crippen molar-refractivity contribution in [3.8, 4) is 0 Å². The first kappa shape index (κ1) is 18.0. The minimum Gasteiger partial charge on any atom is -0.338 e. The molecule has 26 heavy (non-hydrogen) atoms. The van der Waals surface area contributed by atoms with Crippen LogP contribution in [0.3, 0.4) is 0 Å². The summed E-state index contributed by atoms with van der Waals surface area (Å²) in [6, 6.07) is 16.9. The number of rotatable bonds is 6. The lowest BCUT2D eigenvalue weighted by Crippen LogP contribution is -2.40. The summed E-state index contributed by atoms with van der Waals surface area (Å²) in [6.45, 7) is 0.522. The number of nitrogens with one attached hydrogen (secondary N) is 2. The molecule has 5 nitrogen and oxygen atoms in total. The number of urea groups is 1. The van der Waals surface area contributed by atoms with Gasteiger partial charge in [-0.25, -0.2) is 9.78 Å². The average molecular weight is 369 g/mol. The number of carbonyl (C=O) groups is 1. The van der Waals surface area contributed by atoms with Gasteiger partial charge < -0.3 is 15.2 Å². The Morgan fingerprint density at radius 3 is 2.69 bits per heavy atom. The Morgan fingerprint density at radius 1 is 1.19 bits per heavy atom. The number of aromatic nitrogens is 2. The number of aryl methyl sites for hydroxylation is 1.